The van der Waals surface area contributed by atoms with E-state index in [-0.39, 0.29) is 12.0 Å². The van der Waals surface area contributed by atoms with E-state index in [1.54, 1.807) is 9.20 Å². The van der Waals surface area contributed by atoms with E-state index >= 15 is 0 Å². The maximum Gasteiger partial charge on any atom is 0.236 e. The topological polar surface area (TPSA) is 83.0 Å². The second kappa shape index (κ2) is 6.66. The van der Waals surface area contributed by atoms with Gasteiger partial charge in [0.2, 0.25) is 5.88 Å². The molecule has 5 rings (SSSR count). The fraction of sp³-hybridized carbons (Fsp3) is 0.190. The van der Waals surface area contributed by atoms with Crippen LogP contribution in [0.2, 0.25) is 0 Å². The molecule has 0 bridgehead atoms. The highest BCUT2D eigenvalue weighted by Crippen LogP contribution is 2.37. The number of fused-ring (bicyclic) bond motifs is 1. The zero-order valence-corrected chi connectivity index (χ0v) is 16.1. The minimum absolute atomic E-state index is 0.258. The Labute approximate surface area is 167 Å². The summed E-state index contributed by atoms with van der Waals surface area (Å²) >= 11 is 0. The zero-order chi connectivity index (χ0) is 19.8. The first kappa shape index (κ1) is 17.3. The Bertz CT molecular complexity index is 1220. The summed E-state index contributed by atoms with van der Waals surface area (Å²) in [5.74, 6) is 1.89. The first-order chi connectivity index (χ1) is 14.1. The molecule has 8 nitrogen and oxygen atoms in total. The number of aryl methyl sites for hydroxylation is 1. The lowest BCUT2D eigenvalue weighted by Crippen LogP contribution is -2.18. The van der Waals surface area contributed by atoms with Gasteiger partial charge in [-0.3, -0.25) is 4.68 Å². The Kier molecular flexibility index (Phi) is 3.97. The van der Waals surface area contributed by atoms with E-state index in [1.165, 1.54) is 6.33 Å². The van der Waals surface area contributed by atoms with Gasteiger partial charge in [0.15, 0.2) is 17.3 Å². The predicted molar refractivity (Wildman–Crippen MR) is 107 cm³/mol. The van der Waals surface area contributed by atoms with E-state index in [0.29, 0.717) is 23.2 Å². The average molecular weight is 385 g/mol. The molecule has 0 saturated heterocycles. The zero-order valence-electron chi connectivity index (χ0n) is 16.1. The van der Waals surface area contributed by atoms with E-state index < -0.39 is 0 Å². The molecule has 1 aliphatic carbocycles. The highest BCUT2D eigenvalue weighted by molar-refractivity contribution is 5.60. The summed E-state index contributed by atoms with van der Waals surface area (Å²) in [5.41, 5.74) is 2.19. The Balaban J connectivity index is 1.63. The maximum absolute atomic E-state index is 6.13. The highest BCUT2D eigenvalue weighted by Gasteiger charge is 2.29. The molecule has 0 atom stereocenters. The van der Waals surface area contributed by atoms with Gasteiger partial charge in [-0.1, -0.05) is 54.6 Å². The van der Waals surface area contributed by atoms with Crippen molar-refractivity contribution in [3.8, 4) is 17.3 Å². The van der Waals surface area contributed by atoms with Crippen LogP contribution in [0.4, 0.5) is 0 Å². The molecule has 0 aliphatic heterocycles. The van der Waals surface area contributed by atoms with Gasteiger partial charge in [-0.25, -0.2) is 4.98 Å². The summed E-state index contributed by atoms with van der Waals surface area (Å²) in [5, 5.41) is 17.6. The van der Waals surface area contributed by atoms with Gasteiger partial charge in [0, 0.05) is 23.6 Å². The minimum Gasteiger partial charge on any atom is -0.468 e. The second-order valence-electron chi connectivity index (χ2n) is 7.11. The van der Waals surface area contributed by atoms with E-state index in [0.717, 1.165) is 11.1 Å². The Hall–Kier alpha value is -3.81. The number of rotatable bonds is 5. The van der Waals surface area contributed by atoms with Crippen molar-refractivity contribution in [3.63, 3.8) is 0 Å². The summed E-state index contributed by atoms with van der Waals surface area (Å²) < 4.78 is 9.53. The van der Waals surface area contributed by atoms with Crippen molar-refractivity contribution in [1.82, 2.24) is 34.6 Å². The third-order valence-corrected chi connectivity index (χ3v) is 5.11. The van der Waals surface area contributed by atoms with Gasteiger partial charge in [-0.15, -0.1) is 15.3 Å². The van der Waals surface area contributed by atoms with Gasteiger partial charge in [0.05, 0.1) is 0 Å². The lowest BCUT2D eigenvalue weighted by molar-refractivity contribution is 0.269. The van der Waals surface area contributed by atoms with Crippen molar-refractivity contribution in [2.24, 2.45) is 7.05 Å². The van der Waals surface area contributed by atoms with Gasteiger partial charge in [0.25, 0.3) is 0 Å². The van der Waals surface area contributed by atoms with Crippen LogP contribution in [0.25, 0.3) is 17.0 Å². The molecule has 3 aromatic heterocycles. The van der Waals surface area contributed by atoms with Crippen molar-refractivity contribution in [2.75, 3.05) is 0 Å². The average Bonchev–Trinajstić information content (AvgIpc) is 3.46. The molecule has 29 heavy (non-hydrogen) atoms. The number of aromatic nitrogens is 7. The molecule has 3 heterocycles. The molecule has 0 saturated carbocycles. The molecule has 0 fully saturated rings. The summed E-state index contributed by atoms with van der Waals surface area (Å²) in [7, 11) is 1.83. The van der Waals surface area contributed by atoms with Crippen molar-refractivity contribution in [1.29, 1.82) is 0 Å². The van der Waals surface area contributed by atoms with Crippen LogP contribution in [-0.4, -0.2) is 34.6 Å². The summed E-state index contributed by atoms with van der Waals surface area (Å²) in [6, 6.07) is 11.8. The monoisotopic (exact) mass is 385 g/mol. The maximum atomic E-state index is 6.13. The molecule has 144 valence electrons. The van der Waals surface area contributed by atoms with Gasteiger partial charge in [-0.2, -0.15) is 9.61 Å². The molecule has 0 unspecified atom stereocenters. The first-order valence-corrected chi connectivity index (χ1v) is 9.29. The van der Waals surface area contributed by atoms with Crippen molar-refractivity contribution in [2.45, 2.75) is 18.9 Å². The molecular formula is C21H19N7O. The molecule has 0 radical (unpaired) electrons. The lowest BCUT2D eigenvalue weighted by Gasteiger charge is -2.22. The van der Waals surface area contributed by atoms with E-state index in [1.807, 2.05) is 55.6 Å². The van der Waals surface area contributed by atoms with Crippen LogP contribution in [0, 0.1) is 0 Å². The van der Waals surface area contributed by atoms with E-state index in [9.17, 15) is 0 Å². The molecule has 1 aromatic carbocycles. The largest absolute Gasteiger partial charge is 0.468 e. The standard InChI is InChI=1S/C21H19N7O/c1-21(10-6-7-11-21)16-12-17-24-25-19(15-8-4-3-5-9-15)28(17)26-20(16)29-13-18-22-14-23-27(18)2/h3-12,14H,13H2,1-2H3. The van der Waals surface area contributed by atoms with E-state index in [2.05, 4.69) is 39.4 Å². The van der Waals surface area contributed by atoms with Crippen LogP contribution in [0.1, 0.15) is 18.3 Å². The van der Waals surface area contributed by atoms with Gasteiger partial charge >= 0.3 is 0 Å². The quantitative estimate of drug-likeness (QED) is 0.525. The molecule has 0 amide bonds. The van der Waals surface area contributed by atoms with E-state index in [4.69, 9.17) is 9.84 Å². The molecule has 1 aliphatic rings. The number of allylic oxidation sites excluding steroid dienone is 4. The first-order valence-electron chi connectivity index (χ1n) is 9.29. The van der Waals surface area contributed by atoms with Crippen molar-refractivity contribution < 1.29 is 4.74 Å². The van der Waals surface area contributed by atoms with Crippen LogP contribution in [0.15, 0.2) is 67.0 Å². The number of ether oxygens (including phenoxy) is 1. The molecular weight excluding hydrogens is 366 g/mol. The highest BCUT2D eigenvalue weighted by atomic mass is 16.5. The fourth-order valence-electron chi connectivity index (χ4n) is 3.41. The van der Waals surface area contributed by atoms with Crippen LogP contribution in [0.3, 0.4) is 0 Å². The fourth-order valence-corrected chi connectivity index (χ4v) is 3.41. The Morgan fingerprint density at radius 2 is 1.86 bits per heavy atom. The van der Waals surface area contributed by atoms with Gasteiger partial charge in [-0.05, 0) is 13.0 Å². The molecule has 8 heteroatoms. The number of nitrogens with zero attached hydrogens (tertiary/aromatic N) is 7. The molecule has 0 spiro atoms. The van der Waals surface area contributed by atoms with Crippen molar-refractivity contribution in [3.05, 3.63) is 78.4 Å². The summed E-state index contributed by atoms with van der Waals surface area (Å²) in [6.45, 7) is 2.37. The normalized spacial score (nSPS) is 14.7. The summed E-state index contributed by atoms with van der Waals surface area (Å²) in [4.78, 5) is 4.23. The Morgan fingerprint density at radius 3 is 2.59 bits per heavy atom. The predicted octanol–water partition coefficient (Wildman–Crippen LogP) is 2.88. The lowest BCUT2D eigenvalue weighted by atomic mass is 9.85. The Morgan fingerprint density at radius 1 is 1.07 bits per heavy atom. The van der Waals surface area contributed by atoms with Gasteiger partial charge in [0.1, 0.15) is 12.9 Å². The number of hydrogen-bond acceptors (Lipinski definition) is 6. The molecule has 0 N–H and O–H groups in total. The number of benzene rings is 1. The smallest absolute Gasteiger partial charge is 0.236 e. The molecule has 4 aromatic rings. The summed E-state index contributed by atoms with van der Waals surface area (Å²) in [6.07, 6.45) is 9.79. The van der Waals surface area contributed by atoms with Crippen molar-refractivity contribution >= 4 is 5.65 Å². The van der Waals surface area contributed by atoms with Crippen LogP contribution in [-0.2, 0) is 19.1 Å². The van der Waals surface area contributed by atoms with Crippen LogP contribution < -0.4 is 4.74 Å². The minimum atomic E-state index is -0.331. The number of hydrogen-bond donors (Lipinski definition) is 0. The second-order valence-corrected chi connectivity index (χ2v) is 7.11. The van der Waals surface area contributed by atoms with Crippen LogP contribution in [0.5, 0.6) is 5.88 Å². The van der Waals surface area contributed by atoms with Gasteiger partial charge < -0.3 is 4.74 Å². The third-order valence-electron chi connectivity index (χ3n) is 5.11. The SMILES string of the molecule is Cn1ncnc1COc1nn2c(-c3ccccc3)nnc2cc1C1(C)C=CC=C1. The third kappa shape index (κ3) is 2.98. The van der Waals surface area contributed by atoms with Crippen LogP contribution >= 0.6 is 0 Å².